The van der Waals surface area contributed by atoms with Gasteiger partial charge >= 0.3 is 0 Å². The molecule has 0 atom stereocenters. The molecule has 0 saturated carbocycles. The normalized spacial score (nSPS) is 14.9. The Hall–Kier alpha value is -2.01. The second kappa shape index (κ2) is 8.56. The Balaban J connectivity index is 1.85. The van der Waals surface area contributed by atoms with Crippen molar-refractivity contribution < 1.29 is 13.2 Å². The van der Waals surface area contributed by atoms with E-state index in [1.165, 1.54) is 6.07 Å². The van der Waals surface area contributed by atoms with E-state index in [2.05, 4.69) is 19.7 Å². The van der Waals surface area contributed by atoms with Gasteiger partial charge in [0.1, 0.15) is 0 Å². The molecule has 2 aromatic rings. The number of sulfonamides is 1. The number of hydrogen-bond acceptors (Lipinski definition) is 8. The van der Waals surface area contributed by atoms with Crippen LogP contribution in [0.1, 0.15) is 11.4 Å². The Morgan fingerprint density at radius 3 is 2.61 bits per heavy atom. The van der Waals surface area contributed by atoms with E-state index in [0.717, 1.165) is 0 Å². The van der Waals surface area contributed by atoms with Crippen molar-refractivity contribution in [1.29, 1.82) is 0 Å². The van der Waals surface area contributed by atoms with E-state index in [0.29, 0.717) is 54.6 Å². The maximum absolute atomic E-state index is 12.7. The van der Waals surface area contributed by atoms with Gasteiger partial charge in [-0.1, -0.05) is 17.7 Å². The van der Waals surface area contributed by atoms with Gasteiger partial charge in [0, 0.05) is 32.2 Å². The summed E-state index contributed by atoms with van der Waals surface area (Å²) in [5, 5.41) is 0.396. The van der Waals surface area contributed by atoms with Crippen LogP contribution in [0, 0.1) is 6.92 Å². The lowest BCUT2D eigenvalue weighted by atomic mass is 10.2. The first-order valence-corrected chi connectivity index (χ1v) is 10.6. The Bertz CT molecular complexity index is 948. The highest BCUT2D eigenvalue weighted by Gasteiger charge is 2.21. The van der Waals surface area contributed by atoms with Crippen molar-refractivity contribution in [3.05, 3.63) is 34.6 Å². The van der Waals surface area contributed by atoms with Crippen LogP contribution >= 0.6 is 11.6 Å². The van der Waals surface area contributed by atoms with Crippen LogP contribution in [0.4, 0.5) is 11.9 Å². The van der Waals surface area contributed by atoms with E-state index >= 15 is 0 Å². The zero-order valence-corrected chi connectivity index (χ0v) is 17.6. The Kier molecular flexibility index (Phi) is 6.33. The largest absolute Gasteiger partial charge is 0.378 e. The lowest BCUT2D eigenvalue weighted by molar-refractivity contribution is 0.122. The Morgan fingerprint density at radius 2 is 1.93 bits per heavy atom. The third kappa shape index (κ3) is 4.69. The van der Waals surface area contributed by atoms with Crippen LogP contribution in [0.25, 0.3) is 0 Å². The third-order valence-electron chi connectivity index (χ3n) is 4.28. The minimum atomic E-state index is -3.76. The third-order valence-corrected chi connectivity index (χ3v) is 6.23. The van der Waals surface area contributed by atoms with Crippen LogP contribution in [0.3, 0.4) is 0 Å². The monoisotopic (exact) mass is 426 g/mol. The summed E-state index contributed by atoms with van der Waals surface area (Å²) < 4.78 is 33.3. The second-order valence-electron chi connectivity index (χ2n) is 6.53. The molecule has 11 heteroatoms. The maximum Gasteiger partial charge on any atom is 0.241 e. The van der Waals surface area contributed by atoms with Gasteiger partial charge in [0.15, 0.2) is 5.82 Å². The molecular formula is C17H23ClN6O3S. The molecule has 1 fully saturated rings. The lowest BCUT2D eigenvalue weighted by Crippen LogP contribution is -2.38. The Labute approximate surface area is 169 Å². The van der Waals surface area contributed by atoms with Gasteiger partial charge in [0.05, 0.1) is 24.7 Å². The lowest BCUT2D eigenvalue weighted by Gasteiger charge is -2.27. The van der Waals surface area contributed by atoms with Gasteiger partial charge in [-0.25, -0.2) is 13.1 Å². The van der Waals surface area contributed by atoms with Crippen molar-refractivity contribution in [3.63, 3.8) is 0 Å². The van der Waals surface area contributed by atoms with E-state index < -0.39 is 10.0 Å². The van der Waals surface area contributed by atoms with Crippen LogP contribution in [0.15, 0.2) is 23.1 Å². The van der Waals surface area contributed by atoms with Crippen LogP contribution in [-0.4, -0.2) is 63.8 Å². The highest BCUT2D eigenvalue weighted by Crippen LogP contribution is 2.23. The molecule has 152 valence electrons. The van der Waals surface area contributed by atoms with Crippen molar-refractivity contribution in [3.8, 4) is 0 Å². The smallest absolute Gasteiger partial charge is 0.241 e. The number of hydrogen-bond donors (Lipinski definition) is 1. The summed E-state index contributed by atoms with van der Waals surface area (Å²) in [5.74, 6) is 1.31. The van der Waals surface area contributed by atoms with Gasteiger partial charge in [-0.2, -0.15) is 15.0 Å². The van der Waals surface area contributed by atoms with Crippen molar-refractivity contribution in [2.45, 2.75) is 18.4 Å². The number of halogens is 1. The first-order valence-electron chi connectivity index (χ1n) is 8.77. The van der Waals surface area contributed by atoms with Gasteiger partial charge in [0.2, 0.25) is 21.9 Å². The standard InChI is InChI=1S/C17H23ClN6O3S/c1-12-13(18)5-4-6-14(12)28(25,26)19-11-15-20-16(23(2)3)22-17(21-15)24-7-9-27-10-8-24/h4-6,19H,7-11H2,1-3H3. The number of benzene rings is 1. The molecule has 28 heavy (non-hydrogen) atoms. The van der Waals surface area contributed by atoms with Crippen LogP contribution in [0.2, 0.25) is 5.02 Å². The molecule has 3 rings (SSSR count). The molecule has 1 saturated heterocycles. The van der Waals surface area contributed by atoms with Gasteiger partial charge in [-0.3, -0.25) is 0 Å². The summed E-state index contributed by atoms with van der Waals surface area (Å²) in [4.78, 5) is 17.2. The summed E-state index contributed by atoms with van der Waals surface area (Å²) in [7, 11) is -0.122. The first-order chi connectivity index (χ1) is 13.3. The number of rotatable bonds is 6. The molecule has 1 aromatic carbocycles. The van der Waals surface area contributed by atoms with E-state index in [1.807, 2.05) is 19.0 Å². The van der Waals surface area contributed by atoms with E-state index in [1.54, 1.807) is 24.0 Å². The number of ether oxygens (including phenoxy) is 1. The van der Waals surface area contributed by atoms with Crippen LogP contribution < -0.4 is 14.5 Å². The quantitative estimate of drug-likeness (QED) is 0.735. The predicted molar refractivity (Wildman–Crippen MR) is 107 cm³/mol. The molecule has 0 bridgehead atoms. The molecule has 1 N–H and O–H groups in total. The summed E-state index contributed by atoms with van der Waals surface area (Å²) >= 11 is 6.05. The van der Waals surface area contributed by atoms with Gasteiger partial charge in [0.25, 0.3) is 0 Å². The first kappa shape index (κ1) is 20.7. The molecule has 1 aliphatic rings. The van der Waals surface area contributed by atoms with E-state index in [4.69, 9.17) is 16.3 Å². The number of nitrogens with zero attached hydrogens (tertiary/aromatic N) is 5. The summed E-state index contributed by atoms with van der Waals surface area (Å²) in [6, 6.07) is 4.77. The minimum Gasteiger partial charge on any atom is -0.378 e. The summed E-state index contributed by atoms with van der Waals surface area (Å²) in [6.45, 7) is 4.14. The van der Waals surface area contributed by atoms with Gasteiger partial charge in [-0.05, 0) is 24.6 Å². The number of aromatic nitrogens is 3. The zero-order valence-electron chi connectivity index (χ0n) is 16.0. The number of nitrogens with one attached hydrogen (secondary N) is 1. The molecular weight excluding hydrogens is 404 g/mol. The topological polar surface area (TPSA) is 101 Å². The maximum atomic E-state index is 12.7. The number of morpholine rings is 1. The predicted octanol–water partition coefficient (Wildman–Crippen LogP) is 1.21. The molecule has 2 heterocycles. The number of anilines is 2. The van der Waals surface area contributed by atoms with Crippen molar-refractivity contribution >= 4 is 33.5 Å². The summed E-state index contributed by atoms with van der Waals surface area (Å²) in [6.07, 6.45) is 0. The highest BCUT2D eigenvalue weighted by atomic mass is 35.5. The minimum absolute atomic E-state index is 0.0605. The molecule has 1 aromatic heterocycles. The molecule has 0 unspecified atom stereocenters. The fourth-order valence-corrected chi connectivity index (χ4v) is 4.17. The molecule has 0 spiro atoms. The molecule has 0 radical (unpaired) electrons. The van der Waals surface area contributed by atoms with Crippen LogP contribution in [0.5, 0.6) is 0 Å². The SMILES string of the molecule is Cc1c(Cl)cccc1S(=O)(=O)NCc1nc(N(C)C)nc(N2CCOCC2)n1. The molecule has 0 aliphatic carbocycles. The van der Waals surface area contributed by atoms with Gasteiger partial charge in [-0.15, -0.1) is 0 Å². The van der Waals surface area contributed by atoms with Gasteiger partial charge < -0.3 is 14.5 Å². The summed E-state index contributed by atoms with van der Waals surface area (Å²) in [5.41, 5.74) is 0.496. The van der Waals surface area contributed by atoms with Crippen molar-refractivity contribution in [2.75, 3.05) is 50.2 Å². The molecule has 0 amide bonds. The zero-order chi connectivity index (χ0) is 20.3. The van der Waals surface area contributed by atoms with Crippen molar-refractivity contribution in [1.82, 2.24) is 19.7 Å². The second-order valence-corrected chi connectivity index (χ2v) is 8.68. The average molecular weight is 427 g/mol. The van der Waals surface area contributed by atoms with E-state index in [9.17, 15) is 8.42 Å². The fourth-order valence-electron chi connectivity index (χ4n) is 2.70. The highest BCUT2D eigenvalue weighted by molar-refractivity contribution is 7.89. The van der Waals surface area contributed by atoms with Crippen LogP contribution in [-0.2, 0) is 21.3 Å². The van der Waals surface area contributed by atoms with Crippen molar-refractivity contribution in [2.24, 2.45) is 0 Å². The molecule has 9 nitrogen and oxygen atoms in total. The Morgan fingerprint density at radius 1 is 1.21 bits per heavy atom. The van der Waals surface area contributed by atoms with E-state index in [-0.39, 0.29) is 11.4 Å². The molecule has 1 aliphatic heterocycles. The fraction of sp³-hybridized carbons (Fsp3) is 0.471. The average Bonchev–Trinajstić information content (AvgIpc) is 2.69.